The summed E-state index contributed by atoms with van der Waals surface area (Å²) in [6.07, 6.45) is 1.13. The van der Waals surface area contributed by atoms with E-state index in [9.17, 15) is 14.4 Å². The molecule has 2 saturated heterocycles. The predicted molar refractivity (Wildman–Crippen MR) is 94.4 cm³/mol. The van der Waals surface area contributed by atoms with Crippen LogP contribution in [-0.2, 0) is 16.0 Å². The number of rotatable bonds is 3. The van der Waals surface area contributed by atoms with Crippen LogP contribution in [0.5, 0.6) is 0 Å². The van der Waals surface area contributed by atoms with Gasteiger partial charge in [-0.05, 0) is 24.3 Å². The van der Waals surface area contributed by atoms with E-state index >= 15 is 0 Å². The minimum atomic E-state index is -0.847. The third-order valence-electron chi connectivity index (χ3n) is 4.64. The molecule has 0 saturated carbocycles. The molecule has 2 aliphatic heterocycles. The molecule has 2 aliphatic rings. The molecule has 4 amide bonds. The van der Waals surface area contributed by atoms with Gasteiger partial charge in [-0.15, -0.1) is 11.3 Å². The average Bonchev–Trinajstić information content (AvgIpc) is 3.30. The first-order valence-electron chi connectivity index (χ1n) is 7.94. The van der Waals surface area contributed by atoms with Crippen molar-refractivity contribution in [1.29, 1.82) is 0 Å². The molecule has 130 valence electrons. The van der Waals surface area contributed by atoms with Gasteiger partial charge in [-0.2, -0.15) is 11.3 Å². The smallest absolute Gasteiger partial charge is 0.322 e. The lowest BCUT2D eigenvalue weighted by atomic mass is 9.87. The van der Waals surface area contributed by atoms with Crippen LogP contribution in [0, 0.1) is 0 Å². The van der Waals surface area contributed by atoms with Gasteiger partial charge >= 0.3 is 6.03 Å². The van der Waals surface area contributed by atoms with Gasteiger partial charge in [0, 0.05) is 29.4 Å². The maximum absolute atomic E-state index is 12.5. The van der Waals surface area contributed by atoms with Crippen molar-refractivity contribution in [1.82, 2.24) is 20.5 Å². The van der Waals surface area contributed by atoms with Gasteiger partial charge in [0.2, 0.25) is 5.91 Å². The second-order valence-electron chi connectivity index (χ2n) is 6.20. The van der Waals surface area contributed by atoms with E-state index in [2.05, 4.69) is 15.6 Å². The molecular weight excluding hydrogens is 360 g/mol. The second kappa shape index (κ2) is 6.23. The molecule has 2 aromatic rings. The van der Waals surface area contributed by atoms with E-state index < -0.39 is 11.6 Å². The SMILES string of the molecule is O=C1NC(=O)C2(CCN(C(=O)Cc3csc(-c4ccsc4)n3)CC2)N1. The van der Waals surface area contributed by atoms with E-state index in [1.165, 1.54) is 11.3 Å². The molecular formula is C16H16N4O3S2. The van der Waals surface area contributed by atoms with Crippen LogP contribution in [0.15, 0.2) is 22.2 Å². The number of carbonyl (C=O) groups is 3. The predicted octanol–water partition coefficient (Wildman–Crippen LogP) is 1.61. The molecule has 25 heavy (non-hydrogen) atoms. The highest BCUT2D eigenvalue weighted by atomic mass is 32.1. The number of likely N-dealkylation sites (tertiary alicyclic amines) is 1. The van der Waals surface area contributed by atoms with Gasteiger partial charge in [-0.1, -0.05) is 0 Å². The van der Waals surface area contributed by atoms with Crippen LogP contribution in [0.4, 0.5) is 4.79 Å². The minimum absolute atomic E-state index is 0.00162. The summed E-state index contributed by atoms with van der Waals surface area (Å²) in [5, 5.41) is 11.9. The molecule has 4 heterocycles. The average molecular weight is 376 g/mol. The first-order valence-corrected chi connectivity index (χ1v) is 9.76. The van der Waals surface area contributed by atoms with Crippen molar-refractivity contribution in [3.8, 4) is 10.6 Å². The molecule has 0 aliphatic carbocycles. The lowest BCUT2D eigenvalue weighted by Crippen LogP contribution is -2.55. The van der Waals surface area contributed by atoms with Crippen LogP contribution < -0.4 is 10.6 Å². The monoisotopic (exact) mass is 376 g/mol. The molecule has 0 aromatic carbocycles. The maximum atomic E-state index is 12.5. The molecule has 2 aromatic heterocycles. The zero-order valence-corrected chi connectivity index (χ0v) is 14.9. The Morgan fingerprint density at radius 2 is 2.08 bits per heavy atom. The summed E-state index contributed by atoms with van der Waals surface area (Å²) < 4.78 is 0. The third-order valence-corrected chi connectivity index (χ3v) is 6.26. The molecule has 2 N–H and O–H groups in total. The van der Waals surface area contributed by atoms with Crippen molar-refractivity contribution in [2.45, 2.75) is 24.8 Å². The quantitative estimate of drug-likeness (QED) is 0.797. The van der Waals surface area contributed by atoms with E-state index in [-0.39, 0.29) is 18.2 Å². The van der Waals surface area contributed by atoms with Crippen molar-refractivity contribution in [3.63, 3.8) is 0 Å². The highest BCUT2D eigenvalue weighted by molar-refractivity contribution is 7.14. The lowest BCUT2D eigenvalue weighted by Gasteiger charge is -2.36. The molecule has 0 atom stereocenters. The molecule has 0 bridgehead atoms. The molecule has 0 unspecified atom stereocenters. The topological polar surface area (TPSA) is 91.4 Å². The van der Waals surface area contributed by atoms with E-state index in [4.69, 9.17) is 0 Å². The Labute approximate surface area is 152 Å². The van der Waals surface area contributed by atoms with Crippen LogP contribution in [-0.4, -0.2) is 46.4 Å². The normalized spacial score (nSPS) is 19.1. The second-order valence-corrected chi connectivity index (χ2v) is 7.84. The first-order chi connectivity index (χ1) is 12.1. The summed E-state index contributed by atoms with van der Waals surface area (Å²) in [5.41, 5.74) is 1.00. The zero-order chi connectivity index (χ0) is 17.4. The standard InChI is InChI=1S/C16H16N4O3S2/c21-12(7-11-9-25-13(17-11)10-1-6-24-8-10)20-4-2-16(3-5-20)14(22)18-15(23)19-16/h1,6,8-9H,2-5,7H2,(H2,18,19,22,23). The Kier molecular flexibility index (Phi) is 4.04. The third kappa shape index (κ3) is 3.05. The summed E-state index contributed by atoms with van der Waals surface area (Å²) >= 11 is 3.15. The van der Waals surface area contributed by atoms with E-state index in [0.717, 1.165) is 16.3 Å². The fraction of sp³-hybridized carbons (Fsp3) is 0.375. The fourth-order valence-electron chi connectivity index (χ4n) is 3.19. The highest BCUT2D eigenvalue weighted by Crippen LogP contribution is 2.28. The number of piperidine rings is 1. The van der Waals surface area contributed by atoms with Crippen LogP contribution in [0.1, 0.15) is 18.5 Å². The van der Waals surface area contributed by atoms with E-state index in [1.54, 1.807) is 16.2 Å². The highest BCUT2D eigenvalue weighted by Gasteiger charge is 2.48. The molecule has 1 spiro atoms. The lowest BCUT2D eigenvalue weighted by molar-refractivity contribution is -0.135. The van der Waals surface area contributed by atoms with Crippen LogP contribution >= 0.6 is 22.7 Å². The Morgan fingerprint density at radius 3 is 2.72 bits per heavy atom. The van der Waals surface area contributed by atoms with Gasteiger partial charge in [0.15, 0.2) is 0 Å². The Hall–Kier alpha value is -2.26. The number of nitrogens with one attached hydrogen (secondary N) is 2. The fourth-order valence-corrected chi connectivity index (χ4v) is 4.72. The summed E-state index contributed by atoms with van der Waals surface area (Å²) in [6.45, 7) is 0.905. The number of hydrogen-bond donors (Lipinski definition) is 2. The summed E-state index contributed by atoms with van der Waals surface area (Å²) in [5.74, 6) is -0.286. The number of hydrogen-bond acceptors (Lipinski definition) is 6. The van der Waals surface area contributed by atoms with Gasteiger partial charge in [-0.3, -0.25) is 14.9 Å². The summed E-state index contributed by atoms with van der Waals surface area (Å²) in [6, 6.07) is 1.56. The molecule has 7 nitrogen and oxygen atoms in total. The molecule has 0 radical (unpaired) electrons. The van der Waals surface area contributed by atoms with Crippen molar-refractivity contribution >= 4 is 40.5 Å². The van der Waals surface area contributed by atoms with Gasteiger partial charge in [0.25, 0.3) is 5.91 Å². The van der Waals surface area contributed by atoms with Crippen molar-refractivity contribution in [2.24, 2.45) is 0 Å². The zero-order valence-electron chi connectivity index (χ0n) is 13.3. The van der Waals surface area contributed by atoms with Gasteiger partial charge in [-0.25, -0.2) is 9.78 Å². The van der Waals surface area contributed by atoms with Crippen molar-refractivity contribution in [3.05, 3.63) is 27.9 Å². The first kappa shape index (κ1) is 16.2. The number of urea groups is 1. The number of thiazole rings is 1. The van der Waals surface area contributed by atoms with Gasteiger partial charge in [0.1, 0.15) is 10.5 Å². The number of thiophene rings is 1. The number of imide groups is 1. The minimum Gasteiger partial charge on any atom is -0.342 e. The Balaban J connectivity index is 1.37. The maximum Gasteiger partial charge on any atom is 0.322 e. The number of amides is 4. The largest absolute Gasteiger partial charge is 0.342 e. The van der Waals surface area contributed by atoms with Crippen molar-refractivity contribution in [2.75, 3.05) is 13.1 Å². The van der Waals surface area contributed by atoms with Gasteiger partial charge in [0.05, 0.1) is 12.1 Å². The molecule has 4 rings (SSSR count). The van der Waals surface area contributed by atoms with Crippen LogP contribution in [0.2, 0.25) is 0 Å². The van der Waals surface area contributed by atoms with Crippen molar-refractivity contribution < 1.29 is 14.4 Å². The number of nitrogens with zero attached hydrogens (tertiary/aromatic N) is 2. The van der Waals surface area contributed by atoms with E-state index in [0.29, 0.717) is 25.9 Å². The van der Waals surface area contributed by atoms with Crippen LogP contribution in [0.25, 0.3) is 10.6 Å². The van der Waals surface area contributed by atoms with E-state index in [1.807, 2.05) is 22.2 Å². The molecule has 9 heteroatoms. The summed E-state index contributed by atoms with van der Waals surface area (Å²) in [7, 11) is 0. The number of carbonyl (C=O) groups excluding carboxylic acids is 3. The Bertz CT molecular complexity index is 822. The van der Waals surface area contributed by atoms with Gasteiger partial charge < -0.3 is 10.2 Å². The molecule has 2 fully saturated rings. The number of aromatic nitrogens is 1. The van der Waals surface area contributed by atoms with Crippen LogP contribution in [0.3, 0.4) is 0 Å². The summed E-state index contributed by atoms with van der Waals surface area (Å²) in [4.78, 5) is 42.1. The Morgan fingerprint density at radius 1 is 1.28 bits per heavy atom.